The molecule has 9 nitrogen and oxygen atoms in total. The standard InChI is InChI=1S/C18H27N7O2/c1-22-15-14(16(26)23(2)18(22)27)25(12-9-20-13-7-6-8-19-13)17(21-15)24-10-4-3-5-11-24/h3-12H2,1-2H3,(H,19,20)/p+1. The monoisotopic (exact) mass is 374 g/mol. The Morgan fingerprint density at radius 2 is 1.85 bits per heavy atom. The normalized spacial score (nSPS) is 17.6. The fourth-order valence-corrected chi connectivity index (χ4v) is 4.04. The molecule has 27 heavy (non-hydrogen) atoms. The summed E-state index contributed by atoms with van der Waals surface area (Å²) in [6.07, 6.45) is 5.67. The predicted molar refractivity (Wildman–Crippen MR) is 104 cm³/mol. The van der Waals surface area contributed by atoms with E-state index in [1.165, 1.54) is 28.4 Å². The van der Waals surface area contributed by atoms with Gasteiger partial charge in [-0.05, 0) is 25.7 Å². The highest BCUT2D eigenvalue weighted by Crippen LogP contribution is 2.22. The van der Waals surface area contributed by atoms with Gasteiger partial charge in [0.1, 0.15) is 6.54 Å². The van der Waals surface area contributed by atoms with Crippen molar-refractivity contribution in [1.29, 1.82) is 0 Å². The Morgan fingerprint density at radius 1 is 1.07 bits per heavy atom. The highest BCUT2D eigenvalue weighted by molar-refractivity contribution is 5.77. The first-order chi connectivity index (χ1) is 13.1. The van der Waals surface area contributed by atoms with E-state index in [1.807, 2.05) is 4.57 Å². The number of anilines is 1. The third-order valence-electron chi connectivity index (χ3n) is 5.58. The largest absolute Gasteiger partial charge is 0.342 e. The molecule has 2 N–H and O–H groups in total. The average Bonchev–Trinajstić information content (AvgIpc) is 3.33. The van der Waals surface area contributed by atoms with E-state index in [0.29, 0.717) is 24.3 Å². The molecule has 1 saturated heterocycles. The van der Waals surface area contributed by atoms with Crippen LogP contribution in [0.1, 0.15) is 32.1 Å². The Hall–Kier alpha value is -2.58. The summed E-state index contributed by atoms with van der Waals surface area (Å²) in [6.45, 7) is 4.22. The molecule has 0 amide bonds. The third-order valence-corrected chi connectivity index (χ3v) is 5.58. The van der Waals surface area contributed by atoms with Crippen molar-refractivity contribution in [1.82, 2.24) is 24.0 Å². The fraction of sp³-hybridized carbons (Fsp3) is 0.667. The van der Waals surface area contributed by atoms with Crippen molar-refractivity contribution >= 4 is 22.9 Å². The van der Waals surface area contributed by atoms with Gasteiger partial charge >= 0.3 is 5.69 Å². The van der Waals surface area contributed by atoms with Crippen LogP contribution >= 0.6 is 0 Å². The maximum absolute atomic E-state index is 12.9. The lowest BCUT2D eigenvalue weighted by Crippen LogP contribution is -2.72. The quantitative estimate of drug-likeness (QED) is 0.665. The summed E-state index contributed by atoms with van der Waals surface area (Å²) in [5, 5.41) is 3.44. The van der Waals surface area contributed by atoms with Crippen LogP contribution in [0.4, 0.5) is 5.95 Å². The van der Waals surface area contributed by atoms with E-state index in [9.17, 15) is 9.59 Å². The molecular weight excluding hydrogens is 346 g/mol. The van der Waals surface area contributed by atoms with Gasteiger partial charge in [-0.3, -0.25) is 24.2 Å². The molecule has 2 aliphatic rings. The average molecular weight is 374 g/mol. The summed E-state index contributed by atoms with van der Waals surface area (Å²) < 4.78 is 4.63. The molecule has 2 aromatic rings. The van der Waals surface area contributed by atoms with Crippen LogP contribution in [0.5, 0.6) is 0 Å². The Balaban J connectivity index is 1.76. The number of nitrogens with one attached hydrogen (secondary N) is 2. The molecule has 0 saturated carbocycles. The molecule has 0 unspecified atom stereocenters. The van der Waals surface area contributed by atoms with Crippen LogP contribution in [-0.4, -0.2) is 50.7 Å². The molecule has 0 atom stereocenters. The lowest BCUT2D eigenvalue weighted by molar-refractivity contribution is -0.449. The summed E-state index contributed by atoms with van der Waals surface area (Å²) in [7, 11) is 3.20. The third kappa shape index (κ3) is 3.15. The molecule has 0 spiro atoms. The van der Waals surface area contributed by atoms with Gasteiger partial charge in [0.25, 0.3) is 5.56 Å². The van der Waals surface area contributed by atoms with Crippen molar-refractivity contribution in [3.05, 3.63) is 20.8 Å². The Morgan fingerprint density at radius 3 is 2.56 bits per heavy atom. The van der Waals surface area contributed by atoms with E-state index < -0.39 is 0 Å². The van der Waals surface area contributed by atoms with Gasteiger partial charge in [-0.1, -0.05) is 0 Å². The summed E-state index contributed by atoms with van der Waals surface area (Å²) in [6, 6.07) is 0. The molecule has 146 valence electrons. The summed E-state index contributed by atoms with van der Waals surface area (Å²) in [4.78, 5) is 35.5. The van der Waals surface area contributed by atoms with Gasteiger partial charge in [0.2, 0.25) is 11.8 Å². The first kappa shape index (κ1) is 17.8. The Labute approximate surface area is 157 Å². The van der Waals surface area contributed by atoms with Crippen molar-refractivity contribution in [3.8, 4) is 0 Å². The first-order valence-corrected chi connectivity index (χ1v) is 9.82. The number of hydrogen-bond acceptors (Lipinski definition) is 5. The van der Waals surface area contributed by atoms with Gasteiger partial charge in [-0.15, -0.1) is 0 Å². The molecule has 4 heterocycles. The number of aromatic nitrogens is 4. The van der Waals surface area contributed by atoms with Crippen molar-refractivity contribution in [2.24, 2.45) is 14.1 Å². The molecule has 9 heteroatoms. The molecule has 2 aliphatic heterocycles. The van der Waals surface area contributed by atoms with Crippen molar-refractivity contribution in [2.45, 2.75) is 38.6 Å². The van der Waals surface area contributed by atoms with Crippen LogP contribution in [0, 0.1) is 0 Å². The topological polar surface area (TPSA) is 91.1 Å². The molecule has 0 aromatic carbocycles. The van der Waals surface area contributed by atoms with Crippen LogP contribution in [0.2, 0.25) is 0 Å². The molecule has 0 radical (unpaired) electrons. The molecule has 2 aromatic heterocycles. The summed E-state index contributed by atoms with van der Waals surface area (Å²) in [5.41, 5.74) is 0.350. The Bertz CT molecular complexity index is 992. The van der Waals surface area contributed by atoms with Gasteiger partial charge in [0.05, 0.1) is 19.5 Å². The van der Waals surface area contributed by atoms with Crippen LogP contribution in [-0.2, 0) is 20.6 Å². The second-order valence-corrected chi connectivity index (χ2v) is 7.42. The van der Waals surface area contributed by atoms with Crippen molar-refractivity contribution in [3.63, 3.8) is 0 Å². The second-order valence-electron chi connectivity index (χ2n) is 7.42. The van der Waals surface area contributed by atoms with Gasteiger partial charge in [0.15, 0.2) is 11.2 Å². The van der Waals surface area contributed by atoms with E-state index >= 15 is 0 Å². The smallest absolute Gasteiger partial charge is 0.332 e. The minimum absolute atomic E-state index is 0.282. The van der Waals surface area contributed by atoms with E-state index in [1.54, 1.807) is 7.05 Å². The zero-order valence-corrected chi connectivity index (χ0v) is 16.1. The van der Waals surface area contributed by atoms with Gasteiger partial charge < -0.3 is 9.47 Å². The zero-order chi connectivity index (χ0) is 19.0. The number of nitrogens with zero attached hydrogens (tertiary/aromatic N) is 5. The lowest BCUT2D eigenvalue weighted by atomic mass is 10.1. The molecule has 0 bridgehead atoms. The van der Waals surface area contributed by atoms with Gasteiger partial charge in [-0.25, -0.2) is 4.79 Å². The van der Waals surface area contributed by atoms with E-state index in [2.05, 4.69) is 15.2 Å². The Kier molecular flexibility index (Phi) is 4.75. The van der Waals surface area contributed by atoms with Crippen molar-refractivity contribution in [2.75, 3.05) is 31.1 Å². The number of fused-ring (bicyclic) bond motifs is 1. The lowest BCUT2D eigenvalue weighted by Gasteiger charge is -2.28. The summed E-state index contributed by atoms with van der Waals surface area (Å²) >= 11 is 0. The fourth-order valence-electron chi connectivity index (χ4n) is 4.04. The maximum Gasteiger partial charge on any atom is 0.332 e. The highest BCUT2D eigenvalue weighted by Gasteiger charge is 2.24. The van der Waals surface area contributed by atoms with E-state index in [-0.39, 0.29) is 11.2 Å². The van der Waals surface area contributed by atoms with Crippen LogP contribution in [0.15, 0.2) is 9.59 Å². The summed E-state index contributed by atoms with van der Waals surface area (Å²) in [5.74, 6) is 1.97. The number of rotatable bonds is 4. The molecule has 1 fully saturated rings. The second kappa shape index (κ2) is 7.21. The minimum Gasteiger partial charge on any atom is -0.342 e. The molecule has 4 rings (SSSR count). The predicted octanol–water partition coefficient (Wildman–Crippen LogP) is -1.71. The van der Waals surface area contributed by atoms with Crippen LogP contribution in [0.25, 0.3) is 11.2 Å². The van der Waals surface area contributed by atoms with Gasteiger partial charge in [-0.2, -0.15) is 4.98 Å². The number of aryl methyl sites for hydroxylation is 1. The number of hydrogen-bond donors (Lipinski definition) is 2. The van der Waals surface area contributed by atoms with Gasteiger partial charge in [0, 0.05) is 27.2 Å². The number of amidine groups is 1. The SMILES string of the molecule is Cn1c(=O)c2c(nc(N3CCCCC3)n2CCNC2=[NH+]CCC2)n(C)c1=O. The van der Waals surface area contributed by atoms with E-state index in [4.69, 9.17) is 4.98 Å². The highest BCUT2D eigenvalue weighted by atomic mass is 16.2. The van der Waals surface area contributed by atoms with E-state index in [0.717, 1.165) is 51.3 Å². The number of imidazole rings is 1. The van der Waals surface area contributed by atoms with Crippen LogP contribution in [0.3, 0.4) is 0 Å². The first-order valence-electron chi connectivity index (χ1n) is 9.82. The maximum atomic E-state index is 12.9. The number of piperidine rings is 1. The minimum atomic E-state index is -0.341. The van der Waals surface area contributed by atoms with Crippen LogP contribution < -0.4 is 26.5 Å². The molecular formula is C18H28N7O2+. The van der Waals surface area contributed by atoms with Crippen molar-refractivity contribution < 1.29 is 4.99 Å². The zero-order valence-electron chi connectivity index (χ0n) is 16.1. The molecule has 0 aliphatic carbocycles.